The third-order valence-electron chi connectivity index (χ3n) is 3.70. The molecule has 0 bridgehead atoms. The summed E-state index contributed by atoms with van der Waals surface area (Å²) < 4.78 is 0. The molecule has 100 valence electrons. The third-order valence-corrected chi connectivity index (χ3v) is 3.70. The van der Waals surface area contributed by atoms with Crippen molar-refractivity contribution < 1.29 is 4.79 Å². The molecule has 3 rings (SSSR count). The van der Waals surface area contributed by atoms with Crippen molar-refractivity contribution in [2.24, 2.45) is 5.73 Å². The number of nitrogens with two attached hydrogens (primary N) is 1. The topological polar surface area (TPSA) is 75.0 Å². The average molecular weight is 258 g/mol. The van der Waals surface area contributed by atoms with Crippen LogP contribution in [0.3, 0.4) is 0 Å². The van der Waals surface area contributed by atoms with E-state index in [4.69, 9.17) is 5.73 Å². The first kappa shape index (κ1) is 12.2. The van der Waals surface area contributed by atoms with Gasteiger partial charge in [0.2, 0.25) is 5.91 Å². The van der Waals surface area contributed by atoms with Crippen molar-refractivity contribution in [1.82, 2.24) is 15.1 Å². The van der Waals surface area contributed by atoms with E-state index in [1.165, 1.54) is 0 Å². The normalized spacial score (nSPS) is 17.0. The number of aromatic amines is 1. The third kappa shape index (κ3) is 2.46. The van der Waals surface area contributed by atoms with Crippen LogP contribution in [0.15, 0.2) is 24.4 Å². The Balaban J connectivity index is 1.70. The summed E-state index contributed by atoms with van der Waals surface area (Å²) in [4.78, 5) is 14.0. The molecule has 1 unspecified atom stereocenters. The standard InChI is InChI=1S/C14H18N4O/c15-12(14(19)18-5-1-2-6-18)7-10-3-4-11-9-16-17-13(11)8-10/h3-4,8-9,12H,1-2,5-7,15H2,(H,16,17). The van der Waals surface area contributed by atoms with Gasteiger partial charge < -0.3 is 10.6 Å². The molecule has 5 nitrogen and oxygen atoms in total. The van der Waals surface area contributed by atoms with Gasteiger partial charge in [0, 0.05) is 18.5 Å². The van der Waals surface area contributed by atoms with Crippen molar-refractivity contribution in [1.29, 1.82) is 0 Å². The second-order valence-corrected chi connectivity index (χ2v) is 5.13. The van der Waals surface area contributed by atoms with E-state index in [0.717, 1.165) is 42.4 Å². The van der Waals surface area contributed by atoms with Crippen molar-refractivity contribution in [2.75, 3.05) is 13.1 Å². The van der Waals surface area contributed by atoms with Gasteiger partial charge >= 0.3 is 0 Å². The van der Waals surface area contributed by atoms with Gasteiger partial charge in [0.15, 0.2) is 0 Å². The molecule has 1 amide bonds. The number of carbonyl (C=O) groups excluding carboxylic acids is 1. The summed E-state index contributed by atoms with van der Waals surface area (Å²) in [6.07, 6.45) is 4.55. The van der Waals surface area contributed by atoms with Crippen LogP contribution in [0.2, 0.25) is 0 Å². The van der Waals surface area contributed by atoms with Gasteiger partial charge in [0.25, 0.3) is 0 Å². The SMILES string of the molecule is NC(Cc1ccc2cn[nH]c2c1)C(=O)N1CCCC1. The summed E-state index contributed by atoms with van der Waals surface area (Å²) in [5.74, 6) is 0.0715. The molecule has 1 aliphatic rings. The van der Waals surface area contributed by atoms with Crippen LogP contribution in [0.5, 0.6) is 0 Å². The first-order valence-corrected chi connectivity index (χ1v) is 6.70. The van der Waals surface area contributed by atoms with E-state index in [2.05, 4.69) is 10.2 Å². The molecule has 1 aromatic heterocycles. The van der Waals surface area contributed by atoms with E-state index in [1.807, 2.05) is 23.1 Å². The molecule has 0 aliphatic carbocycles. The van der Waals surface area contributed by atoms with Crippen LogP contribution in [0.1, 0.15) is 18.4 Å². The number of fused-ring (bicyclic) bond motifs is 1. The smallest absolute Gasteiger partial charge is 0.239 e. The molecule has 1 aromatic carbocycles. The second kappa shape index (κ2) is 5.01. The summed E-state index contributed by atoms with van der Waals surface area (Å²) in [6, 6.07) is 5.58. The minimum absolute atomic E-state index is 0.0715. The molecule has 1 aliphatic heterocycles. The zero-order valence-electron chi connectivity index (χ0n) is 10.8. The fourth-order valence-corrected chi connectivity index (χ4v) is 2.62. The molecule has 0 saturated carbocycles. The highest BCUT2D eigenvalue weighted by atomic mass is 16.2. The molecule has 19 heavy (non-hydrogen) atoms. The molecule has 0 spiro atoms. The number of H-pyrrole nitrogens is 1. The monoisotopic (exact) mass is 258 g/mol. The Labute approximate surface area is 111 Å². The van der Waals surface area contributed by atoms with Crippen LogP contribution < -0.4 is 5.73 Å². The summed E-state index contributed by atoms with van der Waals surface area (Å²) in [7, 11) is 0. The van der Waals surface area contributed by atoms with Crippen molar-refractivity contribution in [3.8, 4) is 0 Å². The van der Waals surface area contributed by atoms with Crippen molar-refractivity contribution in [3.05, 3.63) is 30.0 Å². The average Bonchev–Trinajstić information content (AvgIpc) is 3.08. The lowest BCUT2D eigenvalue weighted by molar-refractivity contribution is -0.131. The van der Waals surface area contributed by atoms with Crippen molar-refractivity contribution in [3.63, 3.8) is 0 Å². The van der Waals surface area contributed by atoms with Crippen LogP contribution >= 0.6 is 0 Å². The summed E-state index contributed by atoms with van der Waals surface area (Å²) in [5.41, 5.74) is 8.08. The summed E-state index contributed by atoms with van der Waals surface area (Å²) >= 11 is 0. The first-order valence-electron chi connectivity index (χ1n) is 6.70. The molecule has 1 fully saturated rings. The van der Waals surface area contributed by atoms with E-state index < -0.39 is 6.04 Å². The molecule has 1 atom stereocenters. The van der Waals surface area contributed by atoms with Gasteiger partial charge in [-0.15, -0.1) is 0 Å². The molecule has 2 aromatic rings. The number of aromatic nitrogens is 2. The molecule has 5 heteroatoms. The first-order chi connectivity index (χ1) is 9.24. The largest absolute Gasteiger partial charge is 0.341 e. The maximum absolute atomic E-state index is 12.1. The quantitative estimate of drug-likeness (QED) is 0.864. The van der Waals surface area contributed by atoms with Gasteiger partial charge in [0.1, 0.15) is 0 Å². The minimum Gasteiger partial charge on any atom is -0.341 e. The summed E-state index contributed by atoms with van der Waals surface area (Å²) in [5, 5.41) is 7.99. The van der Waals surface area contributed by atoms with Crippen LogP contribution in [0.4, 0.5) is 0 Å². The van der Waals surface area contributed by atoms with Crippen LogP contribution in [-0.4, -0.2) is 40.1 Å². The molecule has 0 radical (unpaired) electrons. The maximum Gasteiger partial charge on any atom is 0.239 e. The molecule has 1 saturated heterocycles. The number of nitrogens with one attached hydrogen (secondary N) is 1. The highest BCUT2D eigenvalue weighted by molar-refractivity contribution is 5.83. The number of benzene rings is 1. The Morgan fingerprint density at radius 1 is 1.42 bits per heavy atom. The van der Waals surface area contributed by atoms with Gasteiger partial charge in [-0.05, 0) is 30.9 Å². The van der Waals surface area contributed by atoms with Gasteiger partial charge in [0.05, 0.1) is 17.8 Å². The number of amides is 1. The minimum atomic E-state index is -0.446. The Morgan fingerprint density at radius 2 is 2.21 bits per heavy atom. The molecular weight excluding hydrogens is 240 g/mol. The number of likely N-dealkylation sites (tertiary alicyclic amines) is 1. The van der Waals surface area contributed by atoms with E-state index in [9.17, 15) is 4.79 Å². The number of rotatable bonds is 3. The Bertz CT molecular complexity index is 586. The zero-order valence-corrected chi connectivity index (χ0v) is 10.8. The highest BCUT2D eigenvalue weighted by Gasteiger charge is 2.23. The lowest BCUT2D eigenvalue weighted by Gasteiger charge is -2.20. The predicted octanol–water partition coefficient (Wildman–Crippen LogP) is 1.06. The van der Waals surface area contributed by atoms with E-state index >= 15 is 0 Å². The van der Waals surface area contributed by atoms with Gasteiger partial charge in [-0.25, -0.2) is 0 Å². The number of nitrogens with zero attached hydrogens (tertiary/aromatic N) is 2. The Hall–Kier alpha value is -1.88. The van der Waals surface area contributed by atoms with Gasteiger partial charge in [-0.2, -0.15) is 5.10 Å². The lowest BCUT2D eigenvalue weighted by Crippen LogP contribution is -2.43. The number of hydrogen-bond donors (Lipinski definition) is 2. The molecule has 3 N–H and O–H groups in total. The van der Waals surface area contributed by atoms with E-state index in [1.54, 1.807) is 6.20 Å². The van der Waals surface area contributed by atoms with Crippen LogP contribution in [0.25, 0.3) is 10.9 Å². The lowest BCUT2D eigenvalue weighted by atomic mass is 10.0. The Morgan fingerprint density at radius 3 is 3.00 bits per heavy atom. The van der Waals surface area contributed by atoms with Gasteiger partial charge in [-0.1, -0.05) is 12.1 Å². The van der Waals surface area contributed by atoms with Crippen LogP contribution in [-0.2, 0) is 11.2 Å². The highest BCUT2D eigenvalue weighted by Crippen LogP contribution is 2.15. The predicted molar refractivity (Wildman–Crippen MR) is 73.6 cm³/mol. The number of hydrogen-bond acceptors (Lipinski definition) is 3. The van der Waals surface area contributed by atoms with Crippen LogP contribution in [0, 0.1) is 0 Å². The fraction of sp³-hybridized carbons (Fsp3) is 0.429. The Kier molecular flexibility index (Phi) is 3.21. The van der Waals surface area contributed by atoms with E-state index in [-0.39, 0.29) is 5.91 Å². The maximum atomic E-state index is 12.1. The molecular formula is C14H18N4O. The summed E-state index contributed by atoms with van der Waals surface area (Å²) in [6.45, 7) is 1.71. The number of carbonyl (C=O) groups is 1. The van der Waals surface area contributed by atoms with Gasteiger partial charge in [-0.3, -0.25) is 9.89 Å². The zero-order chi connectivity index (χ0) is 13.2. The van der Waals surface area contributed by atoms with Crippen molar-refractivity contribution >= 4 is 16.8 Å². The molecule has 2 heterocycles. The second-order valence-electron chi connectivity index (χ2n) is 5.13. The van der Waals surface area contributed by atoms with Crippen molar-refractivity contribution in [2.45, 2.75) is 25.3 Å². The fourth-order valence-electron chi connectivity index (χ4n) is 2.62. The van der Waals surface area contributed by atoms with E-state index in [0.29, 0.717) is 6.42 Å².